The lowest BCUT2D eigenvalue weighted by molar-refractivity contribution is -0.142. The number of aliphatic carboxylic acids is 1. The van der Waals surface area contributed by atoms with Gasteiger partial charge in [-0.1, -0.05) is 0 Å². The molecule has 122 valence electrons. The maximum Gasteiger partial charge on any atom is 0.408 e. The number of carboxylic acids is 1. The molecule has 2 rings (SSSR count). The zero-order chi connectivity index (χ0) is 16.6. The quantitative estimate of drug-likeness (QED) is 0.629. The summed E-state index contributed by atoms with van der Waals surface area (Å²) in [5.74, 6) is -3.26. The SMILES string of the molecule is C[C@H]1C(C(=O)O)C[C@@H](C(=O)N2CCCC2C(N)=O)N1C(=O)O. The van der Waals surface area contributed by atoms with Crippen molar-refractivity contribution in [2.75, 3.05) is 6.54 Å². The highest BCUT2D eigenvalue weighted by atomic mass is 16.4. The fourth-order valence-electron chi connectivity index (χ4n) is 3.38. The van der Waals surface area contributed by atoms with Crippen molar-refractivity contribution in [1.29, 1.82) is 0 Å². The minimum atomic E-state index is -1.34. The summed E-state index contributed by atoms with van der Waals surface area (Å²) in [5.41, 5.74) is 5.27. The van der Waals surface area contributed by atoms with Gasteiger partial charge in [-0.3, -0.25) is 19.3 Å². The van der Waals surface area contributed by atoms with Crippen LogP contribution in [0.4, 0.5) is 4.79 Å². The van der Waals surface area contributed by atoms with E-state index in [-0.39, 0.29) is 6.42 Å². The maximum absolute atomic E-state index is 12.6. The van der Waals surface area contributed by atoms with Crippen molar-refractivity contribution in [3.63, 3.8) is 0 Å². The first-order chi connectivity index (χ1) is 10.3. The van der Waals surface area contributed by atoms with Gasteiger partial charge in [-0.05, 0) is 26.2 Å². The van der Waals surface area contributed by atoms with Crippen LogP contribution in [0.2, 0.25) is 0 Å². The number of primary amides is 1. The normalized spacial score (nSPS) is 31.3. The largest absolute Gasteiger partial charge is 0.481 e. The van der Waals surface area contributed by atoms with Crippen molar-refractivity contribution in [3.05, 3.63) is 0 Å². The van der Waals surface area contributed by atoms with Gasteiger partial charge in [0.25, 0.3) is 0 Å². The van der Waals surface area contributed by atoms with Crippen LogP contribution in [0.3, 0.4) is 0 Å². The van der Waals surface area contributed by atoms with E-state index in [2.05, 4.69) is 0 Å². The molecule has 2 aliphatic rings. The number of carboxylic acid groups (broad SMARTS) is 2. The Morgan fingerprint density at radius 2 is 1.77 bits per heavy atom. The monoisotopic (exact) mass is 313 g/mol. The van der Waals surface area contributed by atoms with Crippen molar-refractivity contribution in [2.24, 2.45) is 11.7 Å². The molecule has 0 aromatic heterocycles. The third kappa shape index (κ3) is 2.58. The molecular formula is C13H19N3O6. The predicted molar refractivity (Wildman–Crippen MR) is 72.8 cm³/mol. The molecular weight excluding hydrogens is 294 g/mol. The van der Waals surface area contributed by atoms with Gasteiger partial charge in [-0.15, -0.1) is 0 Å². The van der Waals surface area contributed by atoms with Crippen LogP contribution in [-0.2, 0) is 14.4 Å². The van der Waals surface area contributed by atoms with E-state index >= 15 is 0 Å². The summed E-state index contributed by atoms with van der Waals surface area (Å²) >= 11 is 0. The van der Waals surface area contributed by atoms with Gasteiger partial charge in [0, 0.05) is 12.6 Å². The lowest BCUT2D eigenvalue weighted by Gasteiger charge is -2.30. The summed E-state index contributed by atoms with van der Waals surface area (Å²) in [7, 11) is 0. The smallest absolute Gasteiger partial charge is 0.408 e. The Kier molecular flexibility index (Phi) is 4.25. The van der Waals surface area contributed by atoms with E-state index in [1.165, 1.54) is 11.8 Å². The van der Waals surface area contributed by atoms with Gasteiger partial charge in [-0.2, -0.15) is 0 Å². The van der Waals surface area contributed by atoms with Crippen LogP contribution in [0, 0.1) is 5.92 Å². The fourth-order valence-corrected chi connectivity index (χ4v) is 3.38. The number of carbonyl (C=O) groups is 4. The Bertz CT molecular complexity index is 522. The minimum Gasteiger partial charge on any atom is -0.481 e. The highest BCUT2D eigenvalue weighted by Crippen LogP contribution is 2.32. The van der Waals surface area contributed by atoms with Crippen molar-refractivity contribution >= 4 is 23.9 Å². The highest BCUT2D eigenvalue weighted by Gasteiger charge is 2.50. The number of hydrogen-bond donors (Lipinski definition) is 3. The molecule has 0 bridgehead atoms. The van der Waals surface area contributed by atoms with Gasteiger partial charge in [0.1, 0.15) is 12.1 Å². The summed E-state index contributed by atoms with van der Waals surface area (Å²) < 4.78 is 0. The van der Waals surface area contributed by atoms with Crippen LogP contribution >= 0.6 is 0 Å². The van der Waals surface area contributed by atoms with Gasteiger partial charge in [-0.25, -0.2) is 4.79 Å². The van der Waals surface area contributed by atoms with Gasteiger partial charge < -0.3 is 20.8 Å². The maximum atomic E-state index is 12.6. The van der Waals surface area contributed by atoms with E-state index < -0.39 is 47.9 Å². The molecule has 9 nitrogen and oxygen atoms in total. The van der Waals surface area contributed by atoms with E-state index in [1.54, 1.807) is 0 Å². The van der Waals surface area contributed by atoms with Crippen molar-refractivity contribution in [2.45, 2.75) is 44.3 Å². The molecule has 9 heteroatoms. The molecule has 0 saturated carbocycles. The van der Waals surface area contributed by atoms with Gasteiger partial charge >= 0.3 is 12.1 Å². The number of hydrogen-bond acceptors (Lipinski definition) is 4. The molecule has 2 heterocycles. The lowest BCUT2D eigenvalue weighted by Crippen LogP contribution is -2.53. The van der Waals surface area contributed by atoms with E-state index in [0.29, 0.717) is 19.4 Å². The average molecular weight is 313 g/mol. The summed E-state index contributed by atoms with van der Waals surface area (Å²) in [5, 5.41) is 18.5. The Hall–Kier alpha value is -2.32. The molecule has 0 aliphatic carbocycles. The molecule has 2 unspecified atom stereocenters. The molecule has 3 amide bonds. The molecule has 2 fully saturated rings. The van der Waals surface area contributed by atoms with Gasteiger partial charge in [0.05, 0.1) is 5.92 Å². The molecule has 22 heavy (non-hydrogen) atoms. The second-order valence-electron chi connectivity index (χ2n) is 5.72. The highest BCUT2D eigenvalue weighted by molar-refractivity contribution is 5.92. The number of nitrogens with two attached hydrogens (primary N) is 1. The molecule has 2 aliphatic heterocycles. The number of rotatable bonds is 3. The van der Waals surface area contributed by atoms with Crippen molar-refractivity contribution in [3.8, 4) is 0 Å². The third-order valence-corrected chi connectivity index (χ3v) is 4.52. The van der Waals surface area contributed by atoms with Crippen LogP contribution in [0.25, 0.3) is 0 Å². The first kappa shape index (κ1) is 16.1. The second-order valence-corrected chi connectivity index (χ2v) is 5.72. The standard InChI is InChI=1S/C13H19N3O6/c1-6-7(12(19)20)5-9(16(6)13(21)22)11(18)15-4-2-3-8(15)10(14)17/h6-9H,2-5H2,1H3,(H2,14,17)(H,19,20)(H,21,22)/t6-,7?,8?,9-/m0/s1. The number of nitrogens with zero attached hydrogens (tertiary/aromatic N) is 2. The van der Waals surface area contributed by atoms with Crippen LogP contribution in [0.15, 0.2) is 0 Å². The Morgan fingerprint density at radius 1 is 1.14 bits per heavy atom. The summed E-state index contributed by atoms with van der Waals surface area (Å²) in [6.07, 6.45) is -0.385. The molecule has 4 N–H and O–H groups in total. The Morgan fingerprint density at radius 3 is 2.27 bits per heavy atom. The molecule has 0 aromatic rings. The number of likely N-dealkylation sites (tertiary alicyclic amines) is 2. The Labute approximate surface area is 126 Å². The fraction of sp³-hybridized carbons (Fsp3) is 0.692. The first-order valence-electron chi connectivity index (χ1n) is 7.09. The zero-order valence-corrected chi connectivity index (χ0v) is 12.1. The van der Waals surface area contributed by atoms with Crippen LogP contribution in [-0.4, -0.2) is 68.6 Å². The lowest BCUT2D eigenvalue weighted by atomic mass is 10.00. The molecule has 0 spiro atoms. The molecule has 2 saturated heterocycles. The predicted octanol–water partition coefficient (Wildman–Crippen LogP) is -0.696. The van der Waals surface area contributed by atoms with Gasteiger partial charge in [0.2, 0.25) is 11.8 Å². The number of amides is 3. The number of carbonyl (C=O) groups excluding carboxylic acids is 2. The van der Waals surface area contributed by atoms with E-state index in [1.807, 2.05) is 0 Å². The van der Waals surface area contributed by atoms with Crippen molar-refractivity contribution in [1.82, 2.24) is 9.80 Å². The first-order valence-corrected chi connectivity index (χ1v) is 7.09. The van der Waals surface area contributed by atoms with E-state index in [0.717, 1.165) is 4.90 Å². The summed E-state index contributed by atoms with van der Waals surface area (Å²) in [4.78, 5) is 48.8. The van der Waals surface area contributed by atoms with Crippen LogP contribution in [0.1, 0.15) is 26.2 Å². The molecule has 0 aromatic carbocycles. The van der Waals surface area contributed by atoms with Gasteiger partial charge in [0.15, 0.2) is 0 Å². The average Bonchev–Trinajstić information content (AvgIpc) is 3.01. The van der Waals surface area contributed by atoms with Crippen molar-refractivity contribution < 1.29 is 29.4 Å². The van der Waals surface area contributed by atoms with E-state index in [9.17, 15) is 24.3 Å². The minimum absolute atomic E-state index is 0.0936. The third-order valence-electron chi connectivity index (χ3n) is 4.52. The van der Waals surface area contributed by atoms with E-state index in [4.69, 9.17) is 10.8 Å². The zero-order valence-electron chi connectivity index (χ0n) is 12.1. The summed E-state index contributed by atoms with van der Waals surface area (Å²) in [6, 6.07) is -2.64. The molecule has 0 radical (unpaired) electrons. The summed E-state index contributed by atoms with van der Waals surface area (Å²) in [6.45, 7) is 1.79. The second kappa shape index (κ2) is 5.82. The molecule has 4 atom stereocenters. The van der Waals surface area contributed by atoms with Crippen LogP contribution < -0.4 is 5.73 Å². The topological polar surface area (TPSA) is 141 Å². The van der Waals surface area contributed by atoms with Crippen LogP contribution in [0.5, 0.6) is 0 Å². The Balaban J connectivity index is 2.25.